The topological polar surface area (TPSA) is 26.3 Å². The van der Waals surface area contributed by atoms with Gasteiger partial charge in [-0.25, -0.2) is 4.79 Å². The summed E-state index contributed by atoms with van der Waals surface area (Å²) in [4.78, 5) is 11.4. The van der Waals surface area contributed by atoms with E-state index in [2.05, 4.69) is 33.8 Å². The summed E-state index contributed by atoms with van der Waals surface area (Å²) in [5.41, 5.74) is 1.23. The Morgan fingerprint density at radius 1 is 1.50 bits per heavy atom. The molecule has 2 heteroatoms. The van der Waals surface area contributed by atoms with Gasteiger partial charge in [-0.15, -0.1) is 0 Å². The zero-order valence-corrected chi connectivity index (χ0v) is 11.2. The maximum atomic E-state index is 11.4. The third kappa shape index (κ3) is 4.38. The van der Waals surface area contributed by atoms with Crippen LogP contribution in [0.1, 0.15) is 53.9 Å². The molecule has 0 aromatic rings. The average molecular weight is 224 g/mol. The van der Waals surface area contributed by atoms with Crippen molar-refractivity contribution >= 4 is 5.97 Å². The first-order chi connectivity index (χ1) is 7.28. The largest absolute Gasteiger partial charge is 0.459 e. The highest BCUT2D eigenvalue weighted by Gasteiger charge is 2.25. The molecule has 16 heavy (non-hydrogen) atoms. The van der Waals surface area contributed by atoms with Gasteiger partial charge >= 0.3 is 5.97 Å². The van der Waals surface area contributed by atoms with Gasteiger partial charge in [-0.3, -0.25) is 0 Å². The summed E-state index contributed by atoms with van der Waals surface area (Å²) >= 11 is 0. The van der Waals surface area contributed by atoms with Gasteiger partial charge < -0.3 is 4.74 Å². The van der Waals surface area contributed by atoms with Crippen molar-refractivity contribution in [3.05, 3.63) is 11.6 Å². The Morgan fingerprint density at radius 2 is 2.12 bits per heavy atom. The zero-order chi connectivity index (χ0) is 12.3. The number of ether oxygens (including phenoxy) is 1. The Morgan fingerprint density at radius 3 is 2.56 bits per heavy atom. The average Bonchev–Trinajstić information content (AvgIpc) is 2.38. The van der Waals surface area contributed by atoms with Crippen molar-refractivity contribution in [2.24, 2.45) is 11.3 Å². The molecule has 1 fully saturated rings. The third-order valence-electron chi connectivity index (χ3n) is 2.81. The van der Waals surface area contributed by atoms with E-state index in [1.165, 1.54) is 6.42 Å². The molecule has 0 saturated carbocycles. The molecule has 92 valence electrons. The van der Waals surface area contributed by atoms with Crippen LogP contribution in [-0.2, 0) is 9.53 Å². The van der Waals surface area contributed by atoms with E-state index in [9.17, 15) is 4.79 Å². The van der Waals surface area contributed by atoms with Crippen LogP contribution in [-0.4, -0.2) is 12.1 Å². The lowest BCUT2D eigenvalue weighted by Gasteiger charge is -2.22. The van der Waals surface area contributed by atoms with Gasteiger partial charge in [-0.1, -0.05) is 33.8 Å². The first-order valence-electron chi connectivity index (χ1n) is 6.18. The maximum Gasteiger partial charge on any atom is 0.334 e. The smallest absolute Gasteiger partial charge is 0.334 e. The van der Waals surface area contributed by atoms with Crippen LogP contribution in [0, 0.1) is 11.3 Å². The van der Waals surface area contributed by atoms with E-state index in [-0.39, 0.29) is 12.1 Å². The number of rotatable bonds is 3. The predicted octanol–water partition coefficient (Wildman–Crippen LogP) is 3.71. The second kappa shape index (κ2) is 5.03. The molecule has 0 amide bonds. The number of hydrogen-bond donors (Lipinski definition) is 0. The summed E-state index contributed by atoms with van der Waals surface area (Å²) in [5.74, 6) is 0.506. The third-order valence-corrected chi connectivity index (χ3v) is 2.81. The van der Waals surface area contributed by atoms with Crippen LogP contribution in [0.15, 0.2) is 11.6 Å². The van der Waals surface area contributed by atoms with Gasteiger partial charge in [0.25, 0.3) is 0 Å². The fourth-order valence-corrected chi connectivity index (χ4v) is 2.33. The number of allylic oxidation sites excluding steroid dienone is 1. The highest BCUT2D eigenvalue weighted by atomic mass is 16.5. The van der Waals surface area contributed by atoms with Crippen molar-refractivity contribution in [1.82, 2.24) is 0 Å². The van der Waals surface area contributed by atoms with Crippen molar-refractivity contribution in [3.8, 4) is 0 Å². The van der Waals surface area contributed by atoms with E-state index >= 15 is 0 Å². The van der Waals surface area contributed by atoms with E-state index in [4.69, 9.17) is 4.74 Å². The molecule has 0 spiro atoms. The van der Waals surface area contributed by atoms with Crippen LogP contribution in [0.5, 0.6) is 0 Å². The molecular formula is C14H24O2. The number of cyclic esters (lactones) is 1. The standard InChI is InChI=1S/C14H24O2/c1-10(9-14(3,4)5)6-7-12-8-11(2)16-13(12)15/h7,10-11H,6,8-9H2,1-5H3/b12-7-/t10-,11?/m0/s1. The molecule has 1 saturated heterocycles. The van der Waals surface area contributed by atoms with Crippen molar-refractivity contribution in [2.45, 2.75) is 60.0 Å². The SMILES string of the molecule is CC1C/C(=C/C[C@H](C)CC(C)(C)C)C(=O)O1. The lowest BCUT2D eigenvalue weighted by molar-refractivity contribution is -0.138. The fraction of sp³-hybridized carbons (Fsp3) is 0.786. The van der Waals surface area contributed by atoms with Gasteiger partial charge in [0.2, 0.25) is 0 Å². The quantitative estimate of drug-likeness (QED) is 0.539. The maximum absolute atomic E-state index is 11.4. The van der Waals surface area contributed by atoms with Crippen LogP contribution in [0.4, 0.5) is 0 Å². The molecule has 1 unspecified atom stereocenters. The Bertz CT molecular complexity index is 284. The van der Waals surface area contributed by atoms with Crippen LogP contribution in [0.3, 0.4) is 0 Å². The Labute approximate surface area is 99.1 Å². The second-order valence-corrected chi connectivity index (χ2v) is 6.26. The second-order valence-electron chi connectivity index (χ2n) is 6.26. The summed E-state index contributed by atoms with van der Waals surface area (Å²) in [6.45, 7) is 10.9. The molecule has 1 aliphatic heterocycles. The van der Waals surface area contributed by atoms with Crippen LogP contribution in [0.25, 0.3) is 0 Å². The summed E-state index contributed by atoms with van der Waals surface area (Å²) in [6, 6.07) is 0. The Kier molecular flexibility index (Phi) is 4.17. The lowest BCUT2D eigenvalue weighted by atomic mass is 9.84. The molecule has 1 rings (SSSR count). The molecule has 0 N–H and O–H groups in total. The first kappa shape index (κ1) is 13.3. The van der Waals surface area contributed by atoms with Gasteiger partial charge in [-0.2, -0.15) is 0 Å². The highest BCUT2D eigenvalue weighted by molar-refractivity contribution is 5.90. The summed E-state index contributed by atoms with van der Waals surface area (Å²) < 4.78 is 5.10. The molecule has 2 nitrogen and oxygen atoms in total. The Balaban J connectivity index is 2.44. The van der Waals surface area contributed by atoms with Crippen molar-refractivity contribution in [2.75, 3.05) is 0 Å². The van der Waals surface area contributed by atoms with Crippen LogP contribution >= 0.6 is 0 Å². The molecule has 0 aromatic carbocycles. The molecule has 2 atom stereocenters. The fourth-order valence-electron chi connectivity index (χ4n) is 2.33. The van der Waals surface area contributed by atoms with Crippen molar-refractivity contribution in [1.29, 1.82) is 0 Å². The normalized spacial score (nSPS) is 25.9. The molecule has 0 bridgehead atoms. The number of carbonyl (C=O) groups excluding carboxylic acids is 1. The molecule has 0 radical (unpaired) electrons. The predicted molar refractivity (Wildman–Crippen MR) is 66.1 cm³/mol. The summed E-state index contributed by atoms with van der Waals surface area (Å²) in [7, 11) is 0. The molecule has 0 aromatic heterocycles. The number of carbonyl (C=O) groups is 1. The lowest BCUT2D eigenvalue weighted by Crippen LogP contribution is -2.10. The summed E-state index contributed by atoms with van der Waals surface area (Å²) in [5, 5.41) is 0. The zero-order valence-electron chi connectivity index (χ0n) is 11.2. The van der Waals surface area contributed by atoms with Gasteiger partial charge in [-0.05, 0) is 31.1 Å². The van der Waals surface area contributed by atoms with E-state index in [0.717, 1.165) is 18.4 Å². The van der Waals surface area contributed by atoms with E-state index < -0.39 is 0 Å². The van der Waals surface area contributed by atoms with E-state index in [1.807, 2.05) is 6.92 Å². The molecule has 1 heterocycles. The minimum Gasteiger partial charge on any atom is -0.459 e. The van der Waals surface area contributed by atoms with Gasteiger partial charge in [0.15, 0.2) is 0 Å². The van der Waals surface area contributed by atoms with E-state index in [1.54, 1.807) is 0 Å². The van der Waals surface area contributed by atoms with Crippen molar-refractivity contribution in [3.63, 3.8) is 0 Å². The number of hydrogen-bond acceptors (Lipinski definition) is 2. The monoisotopic (exact) mass is 224 g/mol. The summed E-state index contributed by atoms with van der Waals surface area (Å²) in [6.07, 6.45) is 5.08. The number of esters is 1. The molecular weight excluding hydrogens is 200 g/mol. The minimum absolute atomic E-state index is 0.0664. The van der Waals surface area contributed by atoms with Crippen LogP contribution in [0.2, 0.25) is 0 Å². The Hall–Kier alpha value is -0.790. The van der Waals surface area contributed by atoms with Crippen molar-refractivity contribution < 1.29 is 9.53 Å². The molecule has 0 aliphatic carbocycles. The van der Waals surface area contributed by atoms with Crippen LogP contribution < -0.4 is 0 Å². The molecule has 1 aliphatic rings. The van der Waals surface area contributed by atoms with Gasteiger partial charge in [0.05, 0.1) is 0 Å². The first-order valence-corrected chi connectivity index (χ1v) is 6.18. The minimum atomic E-state index is -0.115. The van der Waals surface area contributed by atoms with Gasteiger partial charge in [0, 0.05) is 12.0 Å². The van der Waals surface area contributed by atoms with E-state index in [0.29, 0.717) is 11.3 Å². The van der Waals surface area contributed by atoms with Gasteiger partial charge in [0.1, 0.15) is 6.10 Å². The highest BCUT2D eigenvalue weighted by Crippen LogP contribution is 2.27.